The molecule has 0 aromatic heterocycles. The number of rotatable bonds is 15. The largest absolute Gasteiger partial charge is 0.481 e. The third kappa shape index (κ3) is 16.0. The Morgan fingerprint density at radius 2 is 1.18 bits per heavy atom. The summed E-state index contributed by atoms with van der Waals surface area (Å²) in [6.07, 6.45) is 23.9. The standard InChI is InChI=1S/C23H45NO2S2/c24-20-14-8-2-1-3-9-15-21-16-10-4-5-11-17-22(28-27-21)18-12-6-7-13-19-23(25)26/h21-22H,1-20,24H2,(H,25,26). The Morgan fingerprint density at radius 3 is 1.68 bits per heavy atom. The zero-order chi connectivity index (χ0) is 20.3. The van der Waals surface area contributed by atoms with Crippen molar-refractivity contribution in [3.63, 3.8) is 0 Å². The topological polar surface area (TPSA) is 63.3 Å². The second-order valence-electron chi connectivity index (χ2n) is 8.47. The molecular formula is C23H45NO2S2. The van der Waals surface area contributed by atoms with Crippen LogP contribution in [0.1, 0.15) is 122 Å². The molecule has 2 unspecified atom stereocenters. The van der Waals surface area contributed by atoms with Crippen molar-refractivity contribution < 1.29 is 9.90 Å². The number of carbonyl (C=O) groups is 1. The third-order valence-electron chi connectivity index (χ3n) is 5.78. The Hall–Kier alpha value is 0.130. The van der Waals surface area contributed by atoms with Crippen molar-refractivity contribution in [2.75, 3.05) is 6.54 Å². The highest BCUT2D eigenvalue weighted by Crippen LogP contribution is 2.40. The van der Waals surface area contributed by atoms with Gasteiger partial charge in [-0.05, 0) is 45.1 Å². The minimum absolute atomic E-state index is 0.336. The van der Waals surface area contributed by atoms with Gasteiger partial charge in [-0.3, -0.25) is 4.79 Å². The van der Waals surface area contributed by atoms with Gasteiger partial charge >= 0.3 is 5.97 Å². The van der Waals surface area contributed by atoms with Gasteiger partial charge in [0, 0.05) is 16.9 Å². The first-order valence-electron chi connectivity index (χ1n) is 12.0. The number of aliphatic carboxylic acids is 1. The number of hydrogen-bond acceptors (Lipinski definition) is 4. The molecule has 1 saturated heterocycles. The van der Waals surface area contributed by atoms with Crippen LogP contribution in [0.5, 0.6) is 0 Å². The van der Waals surface area contributed by atoms with Gasteiger partial charge < -0.3 is 10.8 Å². The van der Waals surface area contributed by atoms with Crippen LogP contribution in [-0.2, 0) is 4.79 Å². The minimum Gasteiger partial charge on any atom is -0.481 e. The number of carboxylic acid groups (broad SMARTS) is 1. The summed E-state index contributed by atoms with van der Waals surface area (Å²) in [5.41, 5.74) is 5.57. The van der Waals surface area contributed by atoms with Gasteiger partial charge in [-0.1, -0.05) is 98.6 Å². The van der Waals surface area contributed by atoms with E-state index < -0.39 is 5.97 Å². The fraction of sp³-hybridized carbons (Fsp3) is 0.957. The Balaban J connectivity index is 2.17. The molecule has 0 aromatic rings. The lowest BCUT2D eigenvalue weighted by Gasteiger charge is -2.22. The van der Waals surface area contributed by atoms with E-state index in [2.05, 4.69) is 21.6 Å². The molecule has 0 bridgehead atoms. The van der Waals surface area contributed by atoms with Gasteiger partial charge in [0.05, 0.1) is 0 Å². The smallest absolute Gasteiger partial charge is 0.303 e. The molecule has 0 aromatic carbocycles. The van der Waals surface area contributed by atoms with Gasteiger partial charge in [0.2, 0.25) is 0 Å². The lowest BCUT2D eigenvalue weighted by Crippen LogP contribution is -2.08. The molecule has 3 N–H and O–H groups in total. The average Bonchev–Trinajstić information content (AvgIpc) is 2.69. The predicted molar refractivity (Wildman–Crippen MR) is 127 cm³/mol. The molecule has 1 heterocycles. The lowest BCUT2D eigenvalue weighted by atomic mass is 10.0. The molecular weight excluding hydrogens is 386 g/mol. The highest BCUT2D eigenvalue weighted by atomic mass is 33.1. The Labute approximate surface area is 182 Å². The van der Waals surface area contributed by atoms with Gasteiger partial charge in [-0.2, -0.15) is 0 Å². The maximum Gasteiger partial charge on any atom is 0.303 e. The summed E-state index contributed by atoms with van der Waals surface area (Å²) in [4.78, 5) is 10.6. The van der Waals surface area contributed by atoms with Crippen LogP contribution >= 0.6 is 21.6 Å². The van der Waals surface area contributed by atoms with Crippen molar-refractivity contribution >= 4 is 27.6 Å². The summed E-state index contributed by atoms with van der Waals surface area (Å²) in [5.74, 6) is -0.652. The number of carboxylic acids is 1. The van der Waals surface area contributed by atoms with Crippen LogP contribution in [0.3, 0.4) is 0 Å². The molecule has 2 atom stereocenters. The lowest BCUT2D eigenvalue weighted by molar-refractivity contribution is -0.137. The summed E-state index contributed by atoms with van der Waals surface area (Å²) < 4.78 is 0. The van der Waals surface area contributed by atoms with Crippen LogP contribution in [0.2, 0.25) is 0 Å². The summed E-state index contributed by atoms with van der Waals surface area (Å²) >= 11 is 0. The van der Waals surface area contributed by atoms with E-state index in [0.29, 0.717) is 6.42 Å². The van der Waals surface area contributed by atoms with E-state index in [-0.39, 0.29) is 0 Å². The first-order chi connectivity index (χ1) is 13.7. The van der Waals surface area contributed by atoms with Gasteiger partial charge in [0.25, 0.3) is 0 Å². The Kier molecular flexibility index (Phi) is 17.9. The van der Waals surface area contributed by atoms with Crippen molar-refractivity contribution in [2.24, 2.45) is 5.73 Å². The van der Waals surface area contributed by atoms with Crippen molar-refractivity contribution in [2.45, 2.75) is 132 Å². The van der Waals surface area contributed by atoms with Gasteiger partial charge in [-0.25, -0.2) is 0 Å². The zero-order valence-corrected chi connectivity index (χ0v) is 19.7. The fourth-order valence-corrected chi connectivity index (χ4v) is 7.42. The van der Waals surface area contributed by atoms with E-state index in [1.165, 1.54) is 103 Å². The summed E-state index contributed by atoms with van der Waals surface area (Å²) in [6, 6.07) is 0. The maximum atomic E-state index is 10.6. The molecule has 1 fully saturated rings. The molecule has 0 aliphatic carbocycles. The van der Waals surface area contributed by atoms with Crippen LogP contribution in [0.15, 0.2) is 0 Å². The molecule has 0 saturated carbocycles. The van der Waals surface area contributed by atoms with Crippen molar-refractivity contribution in [3.05, 3.63) is 0 Å². The quantitative estimate of drug-likeness (QED) is 0.207. The molecule has 28 heavy (non-hydrogen) atoms. The van der Waals surface area contributed by atoms with E-state index in [4.69, 9.17) is 10.8 Å². The fourth-order valence-electron chi connectivity index (χ4n) is 3.96. The Morgan fingerprint density at radius 1 is 0.714 bits per heavy atom. The average molecular weight is 432 g/mol. The molecule has 3 nitrogen and oxygen atoms in total. The van der Waals surface area contributed by atoms with E-state index in [9.17, 15) is 4.79 Å². The molecule has 166 valence electrons. The number of nitrogens with two attached hydrogens (primary N) is 1. The van der Waals surface area contributed by atoms with Gasteiger partial charge in [-0.15, -0.1) is 0 Å². The van der Waals surface area contributed by atoms with E-state index in [0.717, 1.165) is 29.9 Å². The van der Waals surface area contributed by atoms with Crippen molar-refractivity contribution in [1.82, 2.24) is 0 Å². The first kappa shape index (κ1) is 26.2. The molecule has 0 amide bonds. The molecule has 0 radical (unpaired) electrons. The molecule has 1 aliphatic heterocycles. The summed E-state index contributed by atoms with van der Waals surface area (Å²) in [6.45, 7) is 0.847. The molecule has 1 aliphatic rings. The second-order valence-corrected chi connectivity index (χ2v) is 11.3. The maximum absolute atomic E-state index is 10.6. The van der Waals surface area contributed by atoms with Crippen LogP contribution in [0, 0.1) is 0 Å². The summed E-state index contributed by atoms with van der Waals surface area (Å²) in [7, 11) is 4.37. The van der Waals surface area contributed by atoms with Crippen LogP contribution in [-0.4, -0.2) is 28.1 Å². The highest BCUT2D eigenvalue weighted by molar-refractivity contribution is 8.77. The van der Waals surface area contributed by atoms with Crippen LogP contribution in [0.4, 0.5) is 0 Å². The molecule has 0 spiro atoms. The summed E-state index contributed by atoms with van der Waals surface area (Å²) in [5, 5.41) is 10.4. The van der Waals surface area contributed by atoms with Crippen LogP contribution < -0.4 is 5.73 Å². The normalized spacial score (nSPS) is 21.5. The Bertz CT molecular complexity index is 369. The predicted octanol–water partition coefficient (Wildman–Crippen LogP) is 7.57. The molecule has 5 heteroatoms. The first-order valence-corrected chi connectivity index (χ1v) is 14.2. The number of hydrogen-bond donors (Lipinski definition) is 2. The number of unbranched alkanes of at least 4 members (excludes halogenated alkanes) is 8. The monoisotopic (exact) mass is 431 g/mol. The van der Waals surface area contributed by atoms with E-state index in [1.807, 2.05) is 0 Å². The van der Waals surface area contributed by atoms with Crippen LogP contribution in [0.25, 0.3) is 0 Å². The van der Waals surface area contributed by atoms with Gasteiger partial charge in [0.1, 0.15) is 0 Å². The van der Waals surface area contributed by atoms with Crippen molar-refractivity contribution in [3.8, 4) is 0 Å². The highest BCUT2D eigenvalue weighted by Gasteiger charge is 2.16. The van der Waals surface area contributed by atoms with E-state index >= 15 is 0 Å². The van der Waals surface area contributed by atoms with Gasteiger partial charge in [0.15, 0.2) is 0 Å². The zero-order valence-electron chi connectivity index (χ0n) is 18.0. The van der Waals surface area contributed by atoms with E-state index in [1.54, 1.807) is 0 Å². The second kappa shape index (κ2) is 19.1. The van der Waals surface area contributed by atoms with Crippen molar-refractivity contribution in [1.29, 1.82) is 0 Å². The minimum atomic E-state index is -0.652. The molecule has 1 rings (SSSR count). The SMILES string of the molecule is NCCCCCCCCC1CCCCCCC(CCCCCCC(=O)O)SS1. The third-order valence-corrected chi connectivity index (χ3v) is 9.34.